The first-order valence-electron chi connectivity index (χ1n) is 8.59. The van der Waals surface area contributed by atoms with Crippen LogP contribution in [0.1, 0.15) is 31.9 Å². The average molecular weight is 500 g/mol. The summed E-state index contributed by atoms with van der Waals surface area (Å²) in [7, 11) is -3.27. The minimum absolute atomic E-state index is 0. The lowest BCUT2D eigenvalue weighted by atomic mass is 10.1. The zero-order chi connectivity index (χ0) is 18.9. The molecular weight excluding hydrogens is 470 g/mol. The number of guanidine groups is 1. The Morgan fingerprint density at radius 3 is 2.38 bits per heavy atom. The highest BCUT2D eigenvalue weighted by Crippen LogP contribution is 2.10. The quantitative estimate of drug-likeness (QED) is 0.311. The predicted octanol–water partition coefficient (Wildman–Crippen LogP) is 2.48. The molecule has 6 nitrogen and oxygen atoms in total. The highest BCUT2D eigenvalue weighted by molar-refractivity contribution is 14.0. The number of sulfonamides is 1. The Morgan fingerprint density at radius 1 is 1.19 bits per heavy atom. The van der Waals surface area contributed by atoms with Gasteiger partial charge in [0.05, 0.1) is 12.3 Å². The Balaban J connectivity index is 0.00000625. The molecule has 0 aliphatic heterocycles. The van der Waals surface area contributed by atoms with Crippen molar-refractivity contribution in [3.05, 3.63) is 35.1 Å². The Hall–Kier alpha value is -0.940. The van der Waals surface area contributed by atoms with Gasteiger partial charge in [-0.3, -0.25) is 0 Å². The maximum atomic E-state index is 13.6. The summed E-state index contributed by atoms with van der Waals surface area (Å²) in [5.41, 5.74) is 1.36. The van der Waals surface area contributed by atoms with E-state index in [4.69, 9.17) is 0 Å². The fourth-order valence-corrected chi connectivity index (χ4v) is 3.70. The second-order valence-corrected chi connectivity index (χ2v) is 7.69. The van der Waals surface area contributed by atoms with Crippen molar-refractivity contribution in [2.24, 2.45) is 4.99 Å². The molecule has 0 spiro atoms. The molecule has 0 saturated heterocycles. The number of nitrogens with one attached hydrogen (secondary N) is 2. The van der Waals surface area contributed by atoms with Gasteiger partial charge in [0, 0.05) is 26.2 Å². The minimum Gasteiger partial charge on any atom is -0.357 e. The van der Waals surface area contributed by atoms with Gasteiger partial charge < -0.3 is 10.6 Å². The lowest BCUT2D eigenvalue weighted by Crippen LogP contribution is -2.42. The molecule has 0 aliphatic rings. The summed E-state index contributed by atoms with van der Waals surface area (Å²) in [5.74, 6) is 0.257. The van der Waals surface area contributed by atoms with Crippen LogP contribution >= 0.6 is 24.0 Å². The van der Waals surface area contributed by atoms with Gasteiger partial charge >= 0.3 is 0 Å². The third-order valence-corrected chi connectivity index (χ3v) is 5.77. The van der Waals surface area contributed by atoms with Crippen molar-refractivity contribution in [3.63, 3.8) is 0 Å². The van der Waals surface area contributed by atoms with Crippen LogP contribution in [0, 0.1) is 12.7 Å². The van der Waals surface area contributed by atoms with Gasteiger partial charge in [-0.15, -0.1) is 24.0 Å². The van der Waals surface area contributed by atoms with Crippen molar-refractivity contribution in [2.75, 3.05) is 31.9 Å². The molecule has 2 N–H and O–H groups in total. The molecule has 26 heavy (non-hydrogen) atoms. The molecular formula is C17H30FIN4O2S. The van der Waals surface area contributed by atoms with Crippen LogP contribution in [0.5, 0.6) is 0 Å². The first-order valence-corrected chi connectivity index (χ1v) is 10.2. The van der Waals surface area contributed by atoms with Crippen molar-refractivity contribution in [2.45, 2.75) is 34.2 Å². The highest BCUT2D eigenvalue weighted by atomic mass is 127. The summed E-state index contributed by atoms with van der Waals surface area (Å²) in [4.78, 5) is 4.38. The van der Waals surface area contributed by atoms with Crippen LogP contribution in [-0.2, 0) is 16.6 Å². The Bertz CT molecular complexity index is 679. The van der Waals surface area contributed by atoms with Gasteiger partial charge in [-0.25, -0.2) is 22.1 Å². The summed E-state index contributed by atoms with van der Waals surface area (Å²) in [5, 5.41) is 6.07. The second kappa shape index (κ2) is 12.4. The summed E-state index contributed by atoms with van der Waals surface area (Å²) in [6.45, 7) is 9.43. The van der Waals surface area contributed by atoms with Crippen molar-refractivity contribution < 1.29 is 12.8 Å². The van der Waals surface area contributed by atoms with Crippen LogP contribution < -0.4 is 10.6 Å². The fourth-order valence-electron chi connectivity index (χ4n) is 2.29. The molecule has 0 aliphatic carbocycles. The molecule has 1 aromatic carbocycles. The van der Waals surface area contributed by atoms with E-state index in [2.05, 4.69) is 15.6 Å². The molecule has 0 radical (unpaired) electrons. The van der Waals surface area contributed by atoms with Gasteiger partial charge in [0.15, 0.2) is 5.96 Å². The number of rotatable bonds is 9. The van der Waals surface area contributed by atoms with E-state index in [0.717, 1.165) is 5.56 Å². The molecule has 0 aromatic heterocycles. The van der Waals surface area contributed by atoms with E-state index in [1.165, 1.54) is 10.4 Å². The Morgan fingerprint density at radius 2 is 1.85 bits per heavy atom. The number of aryl methyl sites for hydroxylation is 1. The van der Waals surface area contributed by atoms with Gasteiger partial charge in [0.2, 0.25) is 10.0 Å². The number of halogens is 2. The molecule has 1 aromatic rings. The van der Waals surface area contributed by atoms with Crippen LogP contribution in [-0.4, -0.2) is 50.6 Å². The van der Waals surface area contributed by atoms with Crippen LogP contribution in [0.15, 0.2) is 23.2 Å². The molecule has 0 saturated carbocycles. The Kier molecular flexibility index (Phi) is 12.0. The third kappa shape index (κ3) is 8.17. The molecule has 0 atom stereocenters. The molecule has 9 heteroatoms. The maximum absolute atomic E-state index is 13.6. The molecule has 0 fully saturated rings. The highest BCUT2D eigenvalue weighted by Gasteiger charge is 2.18. The van der Waals surface area contributed by atoms with Gasteiger partial charge in [0.25, 0.3) is 0 Å². The van der Waals surface area contributed by atoms with E-state index in [9.17, 15) is 12.8 Å². The van der Waals surface area contributed by atoms with Gasteiger partial charge in [0.1, 0.15) is 5.82 Å². The number of hydrogen-bond donors (Lipinski definition) is 2. The van der Waals surface area contributed by atoms with Crippen molar-refractivity contribution in [1.82, 2.24) is 14.9 Å². The average Bonchev–Trinajstić information content (AvgIpc) is 2.56. The fraction of sp³-hybridized carbons (Fsp3) is 0.588. The van der Waals surface area contributed by atoms with Crippen molar-refractivity contribution in [1.29, 1.82) is 0 Å². The van der Waals surface area contributed by atoms with E-state index < -0.39 is 10.0 Å². The number of aliphatic imine (C=N–C) groups is 1. The van der Waals surface area contributed by atoms with Crippen molar-refractivity contribution >= 4 is 40.0 Å². The summed E-state index contributed by atoms with van der Waals surface area (Å²) < 4.78 is 39.3. The number of nitrogens with zero attached hydrogens (tertiary/aromatic N) is 2. The van der Waals surface area contributed by atoms with E-state index >= 15 is 0 Å². The number of hydrogen-bond acceptors (Lipinski definition) is 3. The van der Waals surface area contributed by atoms with E-state index in [1.807, 2.05) is 26.8 Å². The van der Waals surface area contributed by atoms with Crippen molar-refractivity contribution in [3.8, 4) is 0 Å². The van der Waals surface area contributed by atoms with E-state index in [0.29, 0.717) is 37.7 Å². The monoisotopic (exact) mass is 500 g/mol. The molecule has 0 amide bonds. The molecule has 0 heterocycles. The normalized spacial score (nSPS) is 12.0. The van der Waals surface area contributed by atoms with Crippen LogP contribution in [0.25, 0.3) is 0 Å². The summed E-state index contributed by atoms with van der Waals surface area (Å²) >= 11 is 0. The van der Waals surface area contributed by atoms with Crippen LogP contribution in [0.3, 0.4) is 0 Å². The first kappa shape index (κ1) is 25.1. The lowest BCUT2D eigenvalue weighted by molar-refractivity contribution is 0.445. The van der Waals surface area contributed by atoms with Gasteiger partial charge in [-0.05, 0) is 31.0 Å². The largest absolute Gasteiger partial charge is 0.357 e. The molecule has 150 valence electrons. The SMILES string of the molecule is CCNC(=NCc1ccc(C)c(F)c1)NCCS(=O)(=O)N(CC)CC.I. The summed E-state index contributed by atoms with van der Waals surface area (Å²) in [6, 6.07) is 5.01. The smallest absolute Gasteiger partial charge is 0.215 e. The first-order chi connectivity index (χ1) is 11.8. The third-order valence-electron chi connectivity index (χ3n) is 3.75. The minimum atomic E-state index is -3.27. The zero-order valence-electron chi connectivity index (χ0n) is 15.9. The maximum Gasteiger partial charge on any atom is 0.215 e. The predicted molar refractivity (Wildman–Crippen MR) is 116 cm³/mol. The molecule has 0 bridgehead atoms. The van der Waals surface area contributed by atoms with Crippen LogP contribution in [0.4, 0.5) is 4.39 Å². The van der Waals surface area contributed by atoms with E-state index in [1.54, 1.807) is 13.0 Å². The van der Waals surface area contributed by atoms with Gasteiger partial charge in [-0.1, -0.05) is 26.0 Å². The lowest BCUT2D eigenvalue weighted by Gasteiger charge is -2.19. The van der Waals surface area contributed by atoms with Crippen LogP contribution in [0.2, 0.25) is 0 Å². The standard InChI is InChI=1S/C17H29FN4O2S.HI/c1-5-19-17(20-10-11-25(23,24)22(6-2)7-3)21-13-15-9-8-14(4)16(18)12-15;/h8-9,12H,5-7,10-11,13H2,1-4H3,(H2,19,20,21);1H. The number of benzene rings is 1. The molecule has 1 rings (SSSR count). The van der Waals surface area contributed by atoms with Gasteiger partial charge in [-0.2, -0.15) is 0 Å². The second-order valence-electron chi connectivity index (χ2n) is 5.61. The van der Waals surface area contributed by atoms with E-state index in [-0.39, 0.29) is 42.1 Å². The topological polar surface area (TPSA) is 73.8 Å². The molecule has 0 unspecified atom stereocenters. The Labute approximate surface area is 173 Å². The zero-order valence-corrected chi connectivity index (χ0v) is 19.0. The summed E-state index contributed by atoms with van der Waals surface area (Å²) in [6.07, 6.45) is 0.